The summed E-state index contributed by atoms with van der Waals surface area (Å²) in [5, 5.41) is 23.4. The van der Waals surface area contributed by atoms with Gasteiger partial charge < -0.3 is 14.6 Å². The number of amides is 2. The van der Waals surface area contributed by atoms with Crippen molar-refractivity contribution in [3.8, 4) is 0 Å². The van der Waals surface area contributed by atoms with Crippen LogP contribution in [0.1, 0.15) is 46.6 Å². The molecule has 174 valence electrons. The van der Waals surface area contributed by atoms with Crippen molar-refractivity contribution in [1.29, 1.82) is 0 Å². The zero-order valence-corrected chi connectivity index (χ0v) is 20.0. The normalized spacial score (nSPS) is 29.2. The number of ether oxygens (including phenoxy) is 2. The van der Waals surface area contributed by atoms with Gasteiger partial charge in [-0.05, 0) is 58.4 Å². The van der Waals surface area contributed by atoms with E-state index in [1.807, 2.05) is 0 Å². The molecule has 0 unspecified atom stereocenters. The Kier molecular flexibility index (Phi) is 5.88. The lowest BCUT2D eigenvalue weighted by Crippen LogP contribution is -2.59. The third kappa shape index (κ3) is 3.47. The number of nitrogens with zero attached hydrogens (tertiary/aromatic N) is 2. The van der Waals surface area contributed by atoms with E-state index in [1.165, 1.54) is 26.0 Å². The number of carbonyl (C=O) groups excluding carboxylic acids is 3. The van der Waals surface area contributed by atoms with Crippen molar-refractivity contribution < 1.29 is 33.9 Å². The molecule has 1 aliphatic heterocycles. The fourth-order valence-corrected chi connectivity index (χ4v) is 5.16. The fraction of sp³-hybridized carbons (Fsp3) is 0.571. The van der Waals surface area contributed by atoms with Crippen LogP contribution in [-0.2, 0) is 24.5 Å². The maximum Gasteiger partial charge on any atom is 0.421 e. The summed E-state index contributed by atoms with van der Waals surface area (Å²) in [7, 11) is 0. The second kappa shape index (κ2) is 7.80. The molecular weight excluding hydrogens is 488 g/mol. The number of benzene rings is 1. The Hall–Kier alpha value is -2.53. The summed E-state index contributed by atoms with van der Waals surface area (Å²) < 4.78 is 11.0. The van der Waals surface area contributed by atoms with Crippen LogP contribution in [0.2, 0.25) is 0 Å². The third-order valence-electron chi connectivity index (χ3n) is 5.86. The monoisotopic (exact) mass is 512 g/mol. The first kappa shape index (κ1) is 24.1. The van der Waals surface area contributed by atoms with Crippen LogP contribution >= 0.6 is 15.9 Å². The van der Waals surface area contributed by atoms with Gasteiger partial charge in [-0.3, -0.25) is 19.7 Å². The lowest BCUT2D eigenvalue weighted by molar-refractivity contribution is -0.528. The summed E-state index contributed by atoms with van der Waals surface area (Å²) in [5.74, 6) is -3.61. The smallest absolute Gasteiger partial charge is 0.421 e. The van der Waals surface area contributed by atoms with Crippen molar-refractivity contribution in [3.05, 3.63) is 38.3 Å². The maximum absolute atomic E-state index is 13.9. The van der Waals surface area contributed by atoms with E-state index in [-0.39, 0.29) is 17.9 Å². The summed E-state index contributed by atoms with van der Waals surface area (Å²) >= 11 is 3.31. The van der Waals surface area contributed by atoms with E-state index in [2.05, 4.69) is 15.9 Å². The number of esters is 1. The topological polar surface area (TPSA) is 136 Å². The van der Waals surface area contributed by atoms with Gasteiger partial charge in [-0.2, -0.15) is 0 Å². The van der Waals surface area contributed by atoms with Crippen molar-refractivity contribution in [3.63, 3.8) is 0 Å². The standard InChI is InChI=1S/C21H25BrN2O8/c1-6-31-16(25)15-14(24(29)30)10-20(5,28)21(15)12-9-11(22)7-8-13(12)23(17(21)26)18(27)32-19(2,3)4/h7-9,14-15,28H,6,10H2,1-5H3/t14-,15-,20+,21-/m0/s1. The second-order valence-corrected chi connectivity index (χ2v) is 10.1. The number of aliphatic hydroxyl groups is 1. The molecule has 0 bridgehead atoms. The Balaban J connectivity index is 2.32. The van der Waals surface area contributed by atoms with Gasteiger partial charge in [0.25, 0.3) is 5.91 Å². The van der Waals surface area contributed by atoms with E-state index in [4.69, 9.17) is 9.47 Å². The van der Waals surface area contributed by atoms with Gasteiger partial charge in [0.2, 0.25) is 6.04 Å². The largest absolute Gasteiger partial charge is 0.466 e. The molecule has 1 heterocycles. The van der Waals surface area contributed by atoms with Crippen LogP contribution in [0.3, 0.4) is 0 Å². The number of nitro groups is 1. The summed E-state index contributed by atoms with van der Waals surface area (Å²) in [6.45, 7) is 7.60. The van der Waals surface area contributed by atoms with Gasteiger partial charge in [-0.15, -0.1) is 0 Å². The second-order valence-electron chi connectivity index (χ2n) is 9.15. The number of anilines is 1. The molecule has 1 spiro atoms. The summed E-state index contributed by atoms with van der Waals surface area (Å²) in [6.07, 6.45) is -1.49. The Labute approximate surface area is 193 Å². The number of fused-ring (bicyclic) bond motifs is 2. The first-order chi connectivity index (χ1) is 14.7. The number of halogens is 1. The van der Waals surface area contributed by atoms with Crippen LogP contribution in [0.5, 0.6) is 0 Å². The van der Waals surface area contributed by atoms with Crippen LogP contribution in [0.25, 0.3) is 0 Å². The first-order valence-electron chi connectivity index (χ1n) is 10.1. The molecule has 3 rings (SSSR count). The van der Waals surface area contributed by atoms with Crippen molar-refractivity contribution in [2.75, 3.05) is 11.5 Å². The number of carbonyl (C=O) groups is 3. The number of hydrogen-bond donors (Lipinski definition) is 1. The molecule has 11 heteroatoms. The van der Waals surface area contributed by atoms with Gasteiger partial charge in [-0.25, -0.2) is 9.69 Å². The van der Waals surface area contributed by atoms with Gasteiger partial charge in [0, 0.05) is 15.8 Å². The lowest BCUT2D eigenvalue weighted by Gasteiger charge is -2.37. The van der Waals surface area contributed by atoms with Crippen LogP contribution in [0, 0.1) is 16.0 Å². The lowest BCUT2D eigenvalue weighted by atomic mass is 9.65. The molecule has 0 saturated heterocycles. The third-order valence-corrected chi connectivity index (χ3v) is 6.35. The summed E-state index contributed by atoms with van der Waals surface area (Å²) in [5.41, 5.74) is -4.88. The predicted octanol–water partition coefficient (Wildman–Crippen LogP) is 2.95. The zero-order chi connectivity index (χ0) is 24.2. The molecular formula is C21H25BrN2O8. The molecule has 1 aromatic rings. The SMILES string of the molecule is CCOC(=O)[C@@H]1[C@@H]([N+](=O)[O-])C[C@@](C)(O)[C@]12C(=O)N(C(=O)OC(C)(C)C)c1ccc(Br)cc12. The van der Waals surface area contributed by atoms with Crippen molar-refractivity contribution >= 4 is 39.6 Å². The Morgan fingerprint density at radius 3 is 2.53 bits per heavy atom. The van der Waals surface area contributed by atoms with Gasteiger partial charge >= 0.3 is 12.1 Å². The van der Waals surface area contributed by atoms with Gasteiger partial charge in [-0.1, -0.05) is 15.9 Å². The van der Waals surface area contributed by atoms with Crippen LogP contribution in [0.15, 0.2) is 22.7 Å². The minimum absolute atomic E-state index is 0.0761. The zero-order valence-electron chi connectivity index (χ0n) is 18.4. The molecule has 0 aromatic heterocycles. The number of imide groups is 1. The Bertz CT molecular complexity index is 1000. The molecule has 10 nitrogen and oxygen atoms in total. The number of hydrogen-bond acceptors (Lipinski definition) is 8. The van der Waals surface area contributed by atoms with Crippen molar-refractivity contribution in [2.24, 2.45) is 5.92 Å². The van der Waals surface area contributed by atoms with E-state index in [0.29, 0.717) is 4.47 Å². The van der Waals surface area contributed by atoms with Crippen molar-refractivity contribution in [1.82, 2.24) is 0 Å². The highest BCUT2D eigenvalue weighted by molar-refractivity contribution is 9.10. The molecule has 0 radical (unpaired) electrons. The van der Waals surface area contributed by atoms with Crippen LogP contribution in [0.4, 0.5) is 10.5 Å². The highest BCUT2D eigenvalue weighted by atomic mass is 79.9. The van der Waals surface area contributed by atoms with E-state index in [1.54, 1.807) is 26.8 Å². The van der Waals surface area contributed by atoms with E-state index >= 15 is 0 Å². The predicted molar refractivity (Wildman–Crippen MR) is 116 cm³/mol. The maximum atomic E-state index is 13.9. The molecule has 32 heavy (non-hydrogen) atoms. The fourth-order valence-electron chi connectivity index (χ4n) is 4.80. The molecule has 1 fully saturated rings. The minimum atomic E-state index is -2.12. The quantitative estimate of drug-likeness (QED) is 0.370. The van der Waals surface area contributed by atoms with Gasteiger partial charge in [0.05, 0.1) is 17.9 Å². The molecule has 1 aliphatic carbocycles. The van der Waals surface area contributed by atoms with Crippen molar-refractivity contribution in [2.45, 2.75) is 63.7 Å². The molecule has 4 atom stereocenters. The first-order valence-corrected chi connectivity index (χ1v) is 10.9. The highest BCUT2D eigenvalue weighted by Gasteiger charge is 2.77. The van der Waals surface area contributed by atoms with E-state index < -0.39 is 57.9 Å². The van der Waals surface area contributed by atoms with Gasteiger partial charge in [0.15, 0.2) is 0 Å². The average Bonchev–Trinajstić information content (AvgIpc) is 3.04. The van der Waals surface area contributed by atoms with E-state index in [0.717, 1.165) is 4.90 Å². The van der Waals surface area contributed by atoms with Crippen LogP contribution < -0.4 is 4.90 Å². The van der Waals surface area contributed by atoms with Gasteiger partial charge in [0.1, 0.15) is 16.9 Å². The molecule has 1 saturated carbocycles. The summed E-state index contributed by atoms with van der Waals surface area (Å²) in [4.78, 5) is 51.9. The highest BCUT2D eigenvalue weighted by Crippen LogP contribution is 2.60. The number of rotatable bonds is 3. The molecule has 1 N–H and O–H groups in total. The molecule has 2 aliphatic rings. The summed E-state index contributed by atoms with van der Waals surface area (Å²) in [6, 6.07) is 2.93. The Morgan fingerprint density at radius 1 is 1.38 bits per heavy atom. The minimum Gasteiger partial charge on any atom is -0.466 e. The molecule has 1 aromatic carbocycles. The average molecular weight is 513 g/mol. The molecule has 2 amide bonds. The van der Waals surface area contributed by atoms with E-state index in [9.17, 15) is 29.6 Å². The Morgan fingerprint density at radius 2 is 2.00 bits per heavy atom. The van der Waals surface area contributed by atoms with Crippen LogP contribution in [-0.4, -0.2) is 51.9 Å².